The number of rotatable bonds is 9. The van der Waals surface area contributed by atoms with Crippen molar-refractivity contribution >= 4 is 35.4 Å². The molecule has 1 fully saturated rings. The molecule has 4 rings (SSSR count). The Morgan fingerprint density at radius 2 is 1.89 bits per heavy atom. The van der Waals surface area contributed by atoms with E-state index in [9.17, 15) is 10.1 Å². The maximum Gasteiger partial charge on any atom is 0.271 e. The van der Waals surface area contributed by atoms with Gasteiger partial charge in [-0.1, -0.05) is 6.07 Å². The average molecular weight is 480 g/mol. The minimum absolute atomic E-state index is 0.0474. The van der Waals surface area contributed by atoms with E-state index in [0.717, 1.165) is 5.56 Å². The number of benzene rings is 2. The number of hydrogen-bond acceptors (Lipinski definition) is 12. The first kappa shape index (κ1) is 23.6. The molecule has 13 heteroatoms. The largest absolute Gasteiger partial charge is 0.497 e. The second-order valence-electron chi connectivity index (χ2n) is 7.29. The van der Waals surface area contributed by atoms with Crippen LogP contribution in [-0.4, -0.2) is 66.6 Å². The van der Waals surface area contributed by atoms with Crippen LogP contribution in [0.25, 0.3) is 0 Å². The van der Waals surface area contributed by atoms with E-state index in [4.69, 9.17) is 14.2 Å². The van der Waals surface area contributed by atoms with Crippen molar-refractivity contribution in [3.8, 4) is 11.5 Å². The summed E-state index contributed by atoms with van der Waals surface area (Å²) in [6, 6.07) is 11.4. The van der Waals surface area contributed by atoms with Crippen LogP contribution >= 0.6 is 0 Å². The molecule has 1 aliphatic heterocycles. The van der Waals surface area contributed by atoms with E-state index in [1.165, 1.54) is 12.1 Å². The zero-order chi connectivity index (χ0) is 24.6. The van der Waals surface area contributed by atoms with Gasteiger partial charge in [0.25, 0.3) is 5.69 Å². The molecule has 182 valence electrons. The van der Waals surface area contributed by atoms with Gasteiger partial charge in [-0.2, -0.15) is 20.1 Å². The Balaban J connectivity index is 1.59. The third-order valence-electron chi connectivity index (χ3n) is 5.04. The first-order valence-corrected chi connectivity index (χ1v) is 10.7. The lowest BCUT2D eigenvalue weighted by Gasteiger charge is -2.27. The first-order valence-electron chi connectivity index (χ1n) is 10.7. The summed E-state index contributed by atoms with van der Waals surface area (Å²) in [6.45, 7) is 2.34. The average Bonchev–Trinajstić information content (AvgIpc) is 2.89. The molecule has 3 aromatic rings. The maximum absolute atomic E-state index is 11.1. The number of hydrogen-bond donors (Lipinski definition) is 2. The second kappa shape index (κ2) is 11.1. The number of nitrogens with zero attached hydrogens (tertiary/aromatic N) is 6. The fraction of sp³-hybridized carbons (Fsp3) is 0.273. The predicted octanol–water partition coefficient (Wildman–Crippen LogP) is 2.82. The van der Waals surface area contributed by atoms with Crippen molar-refractivity contribution in [1.29, 1.82) is 0 Å². The van der Waals surface area contributed by atoms with E-state index in [1.807, 2.05) is 11.0 Å². The van der Waals surface area contributed by atoms with Gasteiger partial charge in [0.15, 0.2) is 0 Å². The summed E-state index contributed by atoms with van der Waals surface area (Å²) < 4.78 is 16.0. The zero-order valence-electron chi connectivity index (χ0n) is 19.2. The topological polar surface area (TPSA) is 149 Å². The Kier molecular flexibility index (Phi) is 7.47. The molecule has 0 bridgehead atoms. The highest BCUT2D eigenvalue weighted by molar-refractivity contribution is 5.84. The predicted molar refractivity (Wildman–Crippen MR) is 130 cm³/mol. The first-order chi connectivity index (χ1) is 17.1. The molecule has 2 aromatic carbocycles. The van der Waals surface area contributed by atoms with E-state index < -0.39 is 4.92 Å². The van der Waals surface area contributed by atoms with Crippen molar-refractivity contribution in [2.45, 2.75) is 0 Å². The van der Waals surface area contributed by atoms with Gasteiger partial charge in [0, 0.05) is 42.5 Å². The summed E-state index contributed by atoms with van der Waals surface area (Å²) in [6.07, 6.45) is 1.57. The molecule has 0 aliphatic carbocycles. The van der Waals surface area contributed by atoms with Gasteiger partial charge in [-0.05, 0) is 18.2 Å². The van der Waals surface area contributed by atoms with Crippen molar-refractivity contribution in [3.05, 3.63) is 58.1 Å². The summed E-state index contributed by atoms with van der Waals surface area (Å²) in [4.78, 5) is 25.9. The molecule has 2 N–H and O–H groups in total. The third kappa shape index (κ3) is 6.09. The number of nitrogens with one attached hydrogen (secondary N) is 2. The highest BCUT2D eigenvalue weighted by atomic mass is 16.6. The van der Waals surface area contributed by atoms with Crippen LogP contribution in [0.3, 0.4) is 0 Å². The fourth-order valence-electron chi connectivity index (χ4n) is 3.29. The minimum atomic E-state index is -0.465. The summed E-state index contributed by atoms with van der Waals surface area (Å²) in [5.74, 6) is 2.08. The Bertz CT molecular complexity index is 1220. The molecular formula is C22H24N8O5. The number of nitro benzene ring substituents is 1. The Morgan fingerprint density at radius 1 is 1.09 bits per heavy atom. The molecule has 0 saturated carbocycles. The van der Waals surface area contributed by atoms with Gasteiger partial charge in [-0.15, -0.1) is 0 Å². The van der Waals surface area contributed by atoms with Crippen LogP contribution < -0.4 is 25.1 Å². The quantitative estimate of drug-likeness (QED) is 0.264. The number of anilines is 4. The Morgan fingerprint density at radius 3 is 2.63 bits per heavy atom. The number of morpholine rings is 1. The maximum atomic E-state index is 11.1. The van der Waals surface area contributed by atoms with Crippen LogP contribution in [0.1, 0.15) is 5.56 Å². The van der Waals surface area contributed by atoms with Crippen LogP contribution in [0.5, 0.6) is 11.5 Å². The van der Waals surface area contributed by atoms with Gasteiger partial charge in [-0.25, -0.2) is 5.43 Å². The normalized spacial score (nSPS) is 13.5. The van der Waals surface area contributed by atoms with Crippen LogP contribution in [0.2, 0.25) is 0 Å². The number of methoxy groups -OCH3 is 2. The molecule has 0 atom stereocenters. The van der Waals surface area contributed by atoms with Gasteiger partial charge in [0.05, 0.1) is 38.6 Å². The number of non-ortho nitro benzene ring substituents is 1. The lowest BCUT2D eigenvalue weighted by Crippen LogP contribution is -2.37. The van der Waals surface area contributed by atoms with Crippen molar-refractivity contribution < 1.29 is 19.1 Å². The zero-order valence-corrected chi connectivity index (χ0v) is 19.2. The summed E-state index contributed by atoms with van der Waals surface area (Å²) in [7, 11) is 3.14. The number of aromatic nitrogens is 3. The standard InChI is InChI=1S/C22H24N8O5/c1-33-18-7-6-15(19(13-18)34-2)14-23-28-21-25-20(24-16-4-3-5-17(12-16)30(31)32)26-22(27-21)29-8-10-35-11-9-29/h3-7,12-14H,8-11H2,1-2H3,(H2,24,25,26,27,28). The molecular weight excluding hydrogens is 456 g/mol. The van der Waals surface area contributed by atoms with E-state index in [-0.39, 0.29) is 17.6 Å². The number of nitro groups is 1. The SMILES string of the molecule is COc1ccc(C=NNc2nc(Nc3cccc([N+](=O)[O-])c3)nc(N3CCOCC3)n2)c(OC)c1. The Labute approximate surface area is 200 Å². The van der Waals surface area contributed by atoms with Gasteiger partial charge >= 0.3 is 0 Å². The molecule has 0 unspecified atom stereocenters. The lowest BCUT2D eigenvalue weighted by atomic mass is 10.2. The van der Waals surface area contributed by atoms with E-state index in [1.54, 1.807) is 44.7 Å². The lowest BCUT2D eigenvalue weighted by molar-refractivity contribution is -0.384. The summed E-state index contributed by atoms with van der Waals surface area (Å²) in [5, 5.41) is 18.4. The molecule has 2 heterocycles. The molecule has 1 aliphatic rings. The fourth-order valence-corrected chi connectivity index (χ4v) is 3.29. The Hall–Kier alpha value is -4.52. The molecule has 1 aromatic heterocycles. The molecule has 35 heavy (non-hydrogen) atoms. The van der Waals surface area contributed by atoms with Crippen LogP contribution in [0.15, 0.2) is 47.6 Å². The molecule has 0 amide bonds. The van der Waals surface area contributed by atoms with E-state index >= 15 is 0 Å². The highest BCUT2D eigenvalue weighted by Crippen LogP contribution is 2.24. The molecule has 0 radical (unpaired) electrons. The van der Waals surface area contributed by atoms with Crippen LogP contribution in [-0.2, 0) is 4.74 Å². The van der Waals surface area contributed by atoms with Crippen molar-refractivity contribution in [3.63, 3.8) is 0 Å². The van der Waals surface area contributed by atoms with Crippen molar-refractivity contribution in [2.24, 2.45) is 5.10 Å². The minimum Gasteiger partial charge on any atom is -0.497 e. The number of hydrazone groups is 1. The second-order valence-corrected chi connectivity index (χ2v) is 7.29. The number of ether oxygens (including phenoxy) is 3. The molecule has 0 spiro atoms. The smallest absolute Gasteiger partial charge is 0.271 e. The van der Waals surface area contributed by atoms with Crippen LogP contribution in [0.4, 0.5) is 29.2 Å². The summed E-state index contributed by atoms with van der Waals surface area (Å²) in [5.41, 5.74) is 3.96. The van der Waals surface area contributed by atoms with Crippen molar-refractivity contribution in [1.82, 2.24) is 15.0 Å². The highest BCUT2D eigenvalue weighted by Gasteiger charge is 2.17. The van der Waals surface area contributed by atoms with Gasteiger partial charge < -0.3 is 24.4 Å². The molecule has 1 saturated heterocycles. The van der Waals surface area contributed by atoms with E-state index in [0.29, 0.717) is 49.4 Å². The van der Waals surface area contributed by atoms with Gasteiger partial charge in [0.1, 0.15) is 11.5 Å². The van der Waals surface area contributed by atoms with E-state index in [2.05, 4.69) is 30.8 Å². The third-order valence-corrected chi connectivity index (χ3v) is 5.04. The van der Waals surface area contributed by atoms with Gasteiger partial charge in [0.2, 0.25) is 17.8 Å². The van der Waals surface area contributed by atoms with Crippen molar-refractivity contribution in [2.75, 3.05) is 56.2 Å². The summed E-state index contributed by atoms with van der Waals surface area (Å²) >= 11 is 0. The van der Waals surface area contributed by atoms with Gasteiger partial charge in [-0.3, -0.25) is 10.1 Å². The molecule has 13 nitrogen and oxygen atoms in total. The monoisotopic (exact) mass is 480 g/mol. The van der Waals surface area contributed by atoms with Crippen LogP contribution in [0, 0.1) is 10.1 Å².